The number of benzene rings is 2. The van der Waals surface area contributed by atoms with E-state index in [1.54, 1.807) is 0 Å². The quantitative estimate of drug-likeness (QED) is 0.898. The van der Waals surface area contributed by atoms with Crippen LogP contribution in [0.4, 0.5) is 0 Å². The fourth-order valence-electron chi connectivity index (χ4n) is 2.04. The van der Waals surface area contributed by atoms with Crippen LogP contribution in [0.2, 0.25) is 0 Å². The monoisotopic (exact) mass is 303 g/mol. The molecule has 1 unspecified atom stereocenters. The smallest absolute Gasteiger partial charge is 0.0347 e. The van der Waals surface area contributed by atoms with Crippen LogP contribution in [0.25, 0.3) is 0 Å². The van der Waals surface area contributed by atoms with Crippen molar-refractivity contribution in [2.45, 2.75) is 26.3 Å². The molecule has 0 aliphatic heterocycles. The van der Waals surface area contributed by atoms with Crippen LogP contribution in [0, 0.1) is 13.8 Å². The lowest BCUT2D eigenvalue weighted by atomic mass is 9.98. The Kier molecular flexibility index (Phi) is 4.20. The van der Waals surface area contributed by atoms with E-state index < -0.39 is 0 Å². The van der Waals surface area contributed by atoms with Crippen LogP contribution in [0.3, 0.4) is 0 Å². The first kappa shape index (κ1) is 13.3. The van der Waals surface area contributed by atoms with E-state index in [0.717, 1.165) is 10.9 Å². The molecule has 2 aromatic carbocycles. The molecule has 0 amide bonds. The van der Waals surface area contributed by atoms with Crippen LogP contribution in [-0.4, -0.2) is 0 Å². The summed E-state index contributed by atoms with van der Waals surface area (Å²) in [5, 5.41) is 0. The molecule has 0 bridgehead atoms. The van der Waals surface area contributed by atoms with Gasteiger partial charge < -0.3 is 5.73 Å². The van der Waals surface area contributed by atoms with E-state index in [9.17, 15) is 0 Å². The molecule has 94 valence electrons. The lowest BCUT2D eigenvalue weighted by Gasteiger charge is -2.15. The third-order valence-corrected chi connectivity index (χ3v) is 3.85. The summed E-state index contributed by atoms with van der Waals surface area (Å²) in [4.78, 5) is 0. The van der Waals surface area contributed by atoms with Crippen molar-refractivity contribution in [2.24, 2.45) is 5.73 Å². The highest BCUT2D eigenvalue weighted by atomic mass is 79.9. The number of halogens is 1. The molecule has 0 heterocycles. The summed E-state index contributed by atoms with van der Waals surface area (Å²) in [7, 11) is 0. The Morgan fingerprint density at radius 2 is 1.61 bits per heavy atom. The molecule has 2 aromatic rings. The molecule has 0 saturated heterocycles. The molecule has 2 heteroatoms. The first-order valence-electron chi connectivity index (χ1n) is 6.13. The molecule has 18 heavy (non-hydrogen) atoms. The minimum Gasteiger partial charge on any atom is -0.324 e. The number of hydrogen-bond donors (Lipinski definition) is 1. The van der Waals surface area contributed by atoms with E-state index in [1.807, 2.05) is 0 Å². The Morgan fingerprint density at radius 1 is 1.00 bits per heavy atom. The zero-order chi connectivity index (χ0) is 13.1. The number of rotatable bonds is 3. The summed E-state index contributed by atoms with van der Waals surface area (Å²) >= 11 is 3.58. The largest absolute Gasteiger partial charge is 0.324 e. The van der Waals surface area contributed by atoms with E-state index in [-0.39, 0.29) is 6.04 Å². The molecule has 1 nitrogen and oxygen atoms in total. The number of hydrogen-bond acceptors (Lipinski definition) is 1. The Morgan fingerprint density at radius 3 is 2.28 bits per heavy atom. The van der Waals surface area contributed by atoms with Crippen molar-refractivity contribution in [2.75, 3.05) is 0 Å². The van der Waals surface area contributed by atoms with Crippen LogP contribution >= 0.6 is 15.9 Å². The van der Waals surface area contributed by atoms with E-state index in [1.165, 1.54) is 22.3 Å². The minimum absolute atomic E-state index is 0.0296. The van der Waals surface area contributed by atoms with Crippen molar-refractivity contribution < 1.29 is 0 Å². The van der Waals surface area contributed by atoms with Crippen molar-refractivity contribution in [3.05, 3.63) is 69.2 Å². The van der Waals surface area contributed by atoms with Crippen molar-refractivity contribution >= 4 is 15.9 Å². The average Bonchev–Trinajstić information content (AvgIpc) is 2.35. The van der Waals surface area contributed by atoms with E-state index in [0.29, 0.717) is 0 Å². The second kappa shape index (κ2) is 5.68. The van der Waals surface area contributed by atoms with Gasteiger partial charge in [-0.15, -0.1) is 0 Å². The van der Waals surface area contributed by atoms with Crippen LogP contribution in [0.5, 0.6) is 0 Å². The van der Waals surface area contributed by atoms with Crippen LogP contribution in [0.1, 0.15) is 28.3 Å². The summed E-state index contributed by atoms with van der Waals surface area (Å²) < 4.78 is 1.09. The predicted octanol–water partition coefficient (Wildman–Crippen LogP) is 4.31. The highest BCUT2D eigenvalue weighted by Crippen LogP contribution is 2.25. The maximum atomic E-state index is 6.30. The third-order valence-electron chi connectivity index (χ3n) is 3.13. The molecular formula is C16H18BrN. The molecular weight excluding hydrogens is 286 g/mol. The molecule has 0 fully saturated rings. The van der Waals surface area contributed by atoms with Gasteiger partial charge in [0.2, 0.25) is 0 Å². The van der Waals surface area contributed by atoms with Gasteiger partial charge in [0.05, 0.1) is 0 Å². The molecule has 0 radical (unpaired) electrons. The van der Waals surface area contributed by atoms with Gasteiger partial charge >= 0.3 is 0 Å². The van der Waals surface area contributed by atoms with E-state index in [4.69, 9.17) is 5.73 Å². The second-order valence-corrected chi connectivity index (χ2v) is 5.68. The molecule has 0 spiro atoms. The van der Waals surface area contributed by atoms with Gasteiger partial charge in [-0.25, -0.2) is 0 Å². The SMILES string of the molecule is Cc1ccc(CC(N)c2cc(C)ccc2Br)cc1. The highest BCUT2D eigenvalue weighted by Gasteiger charge is 2.10. The Labute approximate surface area is 117 Å². The fourth-order valence-corrected chi connectivity index (χ4v) is 2.58. The van der Waals surface area contributed by atoms with Crippen LogP contribution < -0.4 is 5.73 Å². The lowest BCUT2D eigenvalue weighted by molar-refractivity contribution is 0.717. The van der Waals surface area contributed by atoms with Gasteiger partial charge in [-0.2, -0.15) is 0 Å². The van der Waals surface area contributed by atoms with Crippen molar-refractivity contribution in [1.82, 2.24) is 0 Å². The number of nitrogens with two attached hydrogens (primary N) is 1. The molecule has 0 aromatic heterocycles. The lowest BCUT2D eigenvalue weighted by Crippen LogP contribution is -2.14. The normalized spacial score (nSPS) is 12.4. The van der Waals surface area contributed by atoms with Crippen LogP contribution in [-0.2, 0) is 6.42 Å². The first-order valence-corrected chi connectivity index (χ1v) is 6.93. The second-order valence-electron chi connectivity index (χ2n) is 4.82. The fraction of sp³-hybridized carbons (Fsp3) is 0.250. The van der Waals surface area contributed by atoms with E-state index in [2.05, 4.69) is 72.2 Å². The minimum atomic E-state index is 0.0296. The molecule has 2 N–H and O–H groups in total. The molecule has 0 aliphatic carbocycles. The number of aryl methyl sites for hydroxylation is 2. The van der Waals surface area contributed by atoms with Gasteiger partial charge in [0.1, 0.15) is 0 Å². The standard InChI is InChI=1S/C16H18BrN/c1-11-3-6-13(7-4-11)10-16(18)14-9-12(2)5-8-15(14)17/h3-9,16H,10,18H2,1-2H3. The predicted molar refractivity (Wildman–Crippen MR) is 80.7 cm³/mol. The molecule has 0 saturated carbocycles. The zero-order valence-corrected chi connectivity index (χ0v) is 12.4. The van der Waals surface area contributed by atoms with Gasteiger partial charge in [-0.1, -0.05) is 63.5 Å². The first-order chi connectivity index (χ1) is 8.56. The van der Waals surface area contributed by atoms with Gasteiger partial charge in [0.15, 0.2) is 0 Å². The Hall–Kier alpha value is -1.12. The summed E-state index contributed by atoms with van der Waals surface area (Å²) in [6, 6.07) is 14.9. The molecule has 2 rings (SSSR count). The summed E-state index contributed by atoms with van der Waals surface area (Å²) in [5.74, 6) is 0. The summed E-state index contributed by atoms with van der Waals surface area (Å²) in [6.45, 7) is 4.19. The van der Waals surface area contributed by atoms with Crippen molar-refractivity contribution in [1.29, 1.82) is 0 Å². The van der Waals surface area contributed by atoms with E-state index >= 15 is 0 Å². The van der Waals surface area contributed by atoms with Crippen LogP contribution in [0.15, 0.2) is 46.9 Å². The summed E-state index contributed by atoms with van der Waals surface area (Å²) in [5.41, 5.74) is 11.3. The van der Waals surface area contributed by atoms with Gasteiger partial charge in [-0.3, -0.25) is 0 Å². The van der Waals surface area contributed by atoms with Gasteiger partial charge in [-0.05, 0) is 37.5 Å². The maximum Gasteiger partial charge on any atom is 0.0347 e. The third kappa shape index (κ3) is 3.21. The van der Waals surface area contributed by atoms with Gasteiger partial charge in [0, 0.05) is 10.5 Å². The Balaban J connectivity index is 2.18. The average molecular weight is 304 g/mol. The van der Waals surface area contributed by atoms with Gasteiger partial charge in [0.25, 0.3) is 0 Å². The zero-order valence-electron chi connectivity index (χ0n) is 10.8. The molecule has 1 atom stereocenters. The van der Waals surface area contributed by atoms with Crippen molar-refractivity contribution in [3.8, 4) is 0 Å². The topological polar surface area (TPSA) is 26.0 Å². The summed E-state index contributed by atoms with van der Waals surface area (Å²) in [6.07, 6.45) is 0.863. The highest BCUT2D eigenvalue weighted by molar-refractivity contribution is 9.10. The van der Waals surface area contributed by atoms with Crippen molar-refractivity contribution in [3.63, 3.8) is 0 Å². The Bertz CT molecular complexity index is 531. The molecule has 0 aliphatic rings. The maximum absolute atomic E-state index is 6.30.